The van der Waals surface area contributed by atoms with E-state index in [2.05, 4.69) is 0 Å². The number of rotatable bonds is 3. The Hall–Kier alpha value is -1.17. The van der Waals surface area contributed by atoms with Crippen LogP contribution in [0.1, 0.15) is 34.1 Å². The summed E-state index contributed by atoms with van der Waals surface area (Å²) < 4.78 is 10.6. The molecule has 16 heavy (non-hydrogen) atoms. The molecule has 1 aliphatic rings. The Morgan fingerprint density at radius 3 is 2.44 bits per heavy atom. The van der Waals surface area contributed by atoms with Crippen LogP contribution in [0.3, 0.4) is 0 Å². The van der Waals surface area contributed by atoms with Crippen LogP contribution in [-0.2, 0) is 14.3 Å². The monoisotopic (exact) mass is 231 g/mol. The van der Waals surface area contributed by atoms with E-state index in [1.807, 2.05) is 20.8 Å². The van der Waals surface area contributed by atoms with Crippen LogP contribution in [0.15, 0.2) is 0 Å². The zero-order valence-electron chi connectivity index (χ0n) is 9.98. The summed E-state index contributed by atoms with van der Waals surface area (Å²) in [5.74, 6) is -0.519. The molecule has 1 fully saturated rings. The maximum Gasteiger partial charge on any atom is 0.340 e. The Labute approximate surface area is 94.1 Å². The molecule has 92 valence electrons. The van der Waals surface area contributed by atoms with E-state index < -0.39 is 22.8 Å². The Kier molecular flexibility index (Phi) is 3.23. The highest BCUT2D eigenvalue weighted by Crippen LogP contribution is 2.36. The van der Waals surface area contributed by atoms with Gasteiger partial charge in [0, 0.05) is 10.3 Å². The lowest BCUT2D eigenvalue weighted by Crippen LogP contribution is -2.36. The minimum Gasteiger partial charge on any atom is -0.433 e. The third kappa shape index (κ3) is 2.69. The van der Waals surface area contributed by atoms with Crippen LogP contribution in [0.2, 0.25) is 0 Å². The summed E-state index contributed by atoms with van der Waals surface area (Å²) in [5, 5.41) is 10.3. The summed E-state index contributed by atoms with van der Waals surface area (Å²) >= 11 is 0. The summed E-state index contributed by atoms with van der Waals surface area (Å²) in [6, 6.07) is 0. The average molecular weight is 231 g/mol. The number of esters is 1. The number of ether oxygens (including phenoxy) is 2. The highest BCUT2D eigenvalue weighted by Gasteiger charge is 2.50. The molecule has 0 radical (unpaired) electrons. The lowest BCUT2D eigenvalue weighted by molar-refractivity contribution is -0.483. The van der Waals surface area contributed by atoms with Gasteiger partial charge in [-0.3, -0.25) is 10.1 Å². The van der Waals surface area contributed by atoms with Crippen molar-refractivity contribution in [2.45, 2.75) is 46.0 Å². The SMILES string of the molecule is CC(C)(C)[C@H]1OC(=O)[C@](C)(CC[N+](=O)[O-])O1. The first-order valence-corrected chi connectivity index (χ1v) is 5.16. The molecule has 6 nitrogen and oxygen atoms in total. The molecule has 1 saturated heterocycles. The van der Waals surface area contributed by atoms with Crippen LogP contribution in [0, 0.1) is 15.5 Å². The van der Waals surface area contributed by atoms with Crippen molar-refractivity contribution < 1.29 is 19.2 Å². The maximum absolute atomic E-state index is 11.6. The van der Waals surface area contributed by atoms with Crippen molar-refractivity contribution in [3.05, 3.63) is 10.1 Å². The van der Waals surface area contributed by atoms with E-state index in [0.717, 1.165) is 0 Å². The molecule has 1 aliphatic heterocycles. The number of hydrogen-bond acceptors (Lipinski definition) is 5. The van der Waals surface area contributed by atoms with E-state index in [1.54, 1.807) is 0 Å². The average Bonchev–Trinajstić information content (AvgIpc) is 2.40. The molecule has 1 heterocycles. The van der Waals surface area contributed by atoms with Gasteiger partial charge in [0.05, 0.1) is 6.42 Å². The van der Waals surface area contributed by atoms with E-state index >= 15 is 0 Å². The molecule has 0 saturated carbocycles. The van der Waals surface area contributed by atoms with Gasteiger partial charge in [-0.25, -0.2) is 4.79 Å². The van der Waals surface area contributed by atoms with Gasteiger partial charge in [-0.05, 0) is 6.92 Å². The van der Waals surface area contributed by atoms with Crippen molar-refractivity contribution in [2.24, 2.45) is 5.41 Å². The van der Waals surface area contributed by atoms with Gasteiger partial charge in [0.1, 0.15) is 0 Å². The first kappa shape index (κ1) is 12.9. The minimum absolute atomic E-state index is 0.0331. The number of carbonyl (C=O) groups is 1. The lowest BCUT2D eigenvalue weighted by Gasteiger charge is -2.25. The van der Waals surface area contributed by atoms with E-state index in [1.165, 1.54) is 6.92 Å². The zero-order chi connectivity index (χ0) is 12.6. The molecule has 0 aromatic carbocycles. The van der Waals surface area contributed by atoms with Crippen LogP contribution in [0.5, 0.6) is 0 Å². The van der Waals surface area contributed by atoms with Crippen molar-refractivity contribution in [2.75, 3.05) is 6.54 Å². The zero-order valence-corrected chi connectivity index (χ0v) is 9.98. The predicted octanol–water partition coefficient (Wildman–Crippen LogP) is 1.36. The van der Waals surface area contributed by atoms with Gasteiger partial charge in [0.25, 0.3) is 0 Å². The molecule has 0 spiro atoms. The summed E-state index contributed by atoms with van der Waals surface area (Å²) in [6.45, 7) is 6.87. The second-order valence-corrected chi connectivity index (χ2v) is 5.26. The number of cyclic esters (lactones) is 1. The van der Waals surface area contributed by atoms with Crippen molar-refractivity contribution in [1.29, 1.82) is 0 Å². The maximum atomic E-state index is 11.6. The van der Waals surface area contributed by atoms with Gasteiger partial charge >= 0.3 is 5.97 Å². The third-order valence-corrected chi connectivity index (χ3v) is 2.49. The van der Waals surface area contributed by atoms with Gasteiger partial charge in [0.15, 0.2) is 5.60 Å². The third-order valence-electron chi connectivity index (χ3n) is 2.49. The van der Waals surface area contributed by atoms with Gasteiger partial charge in [0.2, 0.25) is 12.8 Å². The first-order valence-electron chi connectivity index (χ1n) is 5.16. The molecule has 0 N–H and O–H groups in total. The molecule has 0 aromatic heterocycles. The molecular weight excluding hydrogens is 214 g/mol. The number of nitrogens with zero attached hydrogens (tertiary/aromatic N) is 1. The second-order valence-electron chi connectivity index (χ2n) is 5.26. The van der Waals surface area contributed by atoms with Crippen LogP contribution in [-0.4, -0.2) is 29.3 Å². The highest BCUT2D eigenvalue weighted by atomic mass is 16.8. The molecule has 2 atom stereocenters. The van der Waals surface area contributed by atoms with Crippen LogP contribution in [0.4, 0.5) is 0 Å². The molecule has 1 rings (SSSR count). The smallest absolute Gasteiger partial charge is 0.340 e. The van der Waals surface area contributed by atoms with Crippen LogP contribution < -0.4 is 0 Å². The summed E-state index contributed by atoms with van der Waals surface area (Å²) in [7, 11) is 0. The summed E-state index contributed by atoms with van der Waals surface area (Å²) in [4.78, 5) is 21.4. The number of nitro groups is 1. The summed E-state index contributed by atoms with van der Waals surface area (Å²) in [6.07, 6.45) is -0.609. The fraction of sp³-hybridized carbons (Fsp3) is 0.900. The van der Waals surface area contributed by atoms with Crippen molar-refractivity contribution in [1.82, 2.24) is 0 Å². The number of hydrogen-bond donors (Lipinski definition) is 0. The minimum atomic E-state index is -1.19. The van der Waals surface area contributed by atoms with Crippen LogP contribution in [0.25, 0.3) is 0 Å². The van der Waals surface area contributed by atoms with Crippen molar-refractivity contribution in [3.8, 4) is 0 Å². The largest absolute Gasteiger partial charge is 0.433 e. The standard InChI is InChI=1S/C10H17NO5/c1-9(2,3)8-15-7(12)10(4,16-8)5-6-11(13)14/h8H,5-6H2,1-4H3/t8-,10-/m0/s1. The molecule has 0 bridgehead atoms. The number of carbonyl (C=O) groups excluding carboxylic acids is 1. The Morgan fingerprint density at radius 2 is 2.06 bits per heavy atom. The molecule has 0 aromatic rings. The quantitative estimate of drug-likeness (QED) is 0.416. The molecule has 0 unspecified atom stereocenters. The molecule has 0 aliphatic carbocycles. The Bertz CT molecular complexity index is 309. The van der Waals surface area contributed by atoms with Crippen molar-refractivity contribution >= 4 is 5.97 Å². The van der Waals surface area contributed by atoms with E-state index in [4.69, 9.17) is 9.47 Å². The Balaban J connectivity index is 2.69. The summed E-state index contributed by atoms with van der Waals surface area (Å²) in [5.41, 5.74) is -1.52. The van der Waals surface area contributed by atoms with Gasteiger partial charge in [-0.15, -0.1) is 0 Å². The van der Waals surface area contributed by atoms with Crippen LogP contribution >= 0.6 is 0 Å². The lowest BCUT2D eigenvalue weighted by atomic mass is 9.96. The fourth-order valence-electron chi connectivity index (χ4n) is 1.35. The van der Waals surface area contributed by atoms with Gasteiger partial charge in [-0.1, -0.05) is 20.8 Å². The first-order chi connectivity index (χ1) is 7.15. The van der Waals surface area contributed by atoms with E-state index in [9.17, 15) is 14.9 Å². The highest BCUT2D eigenvalue weighted by molar-refractivity contribution is 5.80. The molecule has 0 amide bonds. The normalized spacial score (nSPS) is 30.2. The van der Waals surface area contributed by atoms with Gasteiger partial charge in [-0.2, -0.15) is 0 Å². The van der Waals surface area contributed by atoms with Gasteiger partial charge < -0.3 is 9.47 Å². The van der Waals surface area contributed by atoms with Crippen molar-refractivity contribution in [3.63, 3.8) is 0 Å². The van der Waals surface area contributed by atoms with E-state index in [-0.39, 0.29) is 18.4 Å². The van der Waals surface area contributed by atoms with E-state index in [0.29, 0.717) is 0 Å². The molecule has 6 heteroatoms. The predicted molar refractivity (Wildman–Crippen MR) is 55.3 cm³/mol. The second kappa shape index (κ2) is 4.01. The fourth-order valence-corrected chi connectivity index (χ4v) is 1.35. The molecular formula is C10H17NO5. The topological polar surface area (TPSA) is 78.7 Å². The Morgan fingerprint density at radius 1 is 1.50 bits per heavy atom.